The van der Waals surface area contributed by atoms with Crippen molar-refractivity contribution < 1.29 is 14.3 Å². The van der Waals surface area contributed by atoms with Gasteiger partial charge in [-0.1, -0.05) is 0 Å². The standard InChI is InChI=1S/C21H30N4O3S/c1-5-28-20(26)17-10-12-23(13-11-17)14-24-21(29)25(15(2)3)19(22-24)16-6-8-18(27-4)9-7-16/h6-9,15,17H,5,10-14H2,1-4H3. The number of esters is 1. The Bertz CT molecular complexity index is 880. The van der Waals surface area contributed by atoms with Gasteiger partial charge >= 0.3 is 5.97 Å². The van der Waals surface area contributed by atoms with Crippen LogP contribution in [-0.2, 0) is 16.2 Å². The Morgan fingerprint density at radius 1 is 1.24 bits per heavy atom. The van der Waals surface area contributed by atoms with E-state index in [2.05, 4.69) is 23.3 Å². The Hall–Kier alpha value is -2.19. The van der Waals surface area contributed by atoms with Gasteiger partial charge in [-0.2, -0.15) is 5.10 Å². The van der Waals surface area contributed by atoms with Gasteiger partial charge in [-0.3, -0.25) is 14.3 Å². The van der Waals surface area contributed by atoms with Crippen molar-refractivity contribution in [3.8, 4) is 17.1 Å². The van der Waals surface area contributed by atoms with E-state index in [-0.39, 0.29) is 17.9 Å². The first-order chi connectivity index (χ1) is 13.9. The van der Waals surface area contributed by atoms with Gasteiger partial charge < -0.3 is 9.47 Å². The van der Waals surface area contributed by atoms with E-state index in [9.17, 15) is 4.79 Å². The summed E-state index contributed by atoms with van der Waals surface area (Å²) in [7, 11) is 1.66. The topological polar surface area (TPSA) is 61.5 Å². The first kappa shape index (κ1) is 21.5. The molecule has 0 unspecified atom stereocenters. The average Bonchev–Trinajstić information content (AvgIpc) is 3.05. The number of likely N-dealkylation sites (tertiary alicyclic amines) is 1. The zero-order chi connectivity index (χ0) is 21.0. The third-order valence-corrected chi connectivity index (χ3v) is 5.68. The Morgan fingerprint density at radius 2 is 1.90 bits per heavy atom. The normalized spacial score (nSPS) is 15.6. The maximum absolute atomic E-state index is 12.0. The Balaban J connectivity index is 1.77. The molecule has 3 rings (SSSR count). The molecule has 1 aromatic carbocycles. The van der Waals surface area contributed by atoms with Crippen LogP contribution in [-0.4, -0.2) is 52.0 Å². The van der Waals surface area contributed by atoms with E-state index in [0.29, 0.717) is 18.0 Å². The van der Waals surface area contributed by atoms with Crippen LogP contribution in [0.2, 0.25) is 0 Å². The highest BCUT2D eigenvalue weighted by atomic mass is 32.1. The fourth-order valence-corrected chi connectivity index (χ4v) is 4.07. The molecule has 158 valence electrons. The highest BCUT2D eigenvalue weighted by Gasteiger charge is 2.26. The zero-order valence-electron chi connectivity index (χ0n) is 17.6. The van der Waals surface area contributed by atoms with Gasteiger partial charge in [-0.25, -0.2) is 4.68 Å². The van der Waals surface area contributed by atoms with Crippen molar-refractivity contribution in [3.05, 3.63) is 29.0 Å². The van der Waals surface area contributed by atoms with Crippen molar-refractivity contribution >= 4 is 18.2 Å². The van der Waals surface area contributed by atoms with Crippen LogP contribution in [0.25, 0.3) is 11.4 Å². The summed E-state index contributed by atoms with van der Waals surface area (Å²) >= 11 is 5.74. The second kappa shape index (κ2) is 9.54. The number of carbonyl (C=O) groups excluding carboxylic acids is 1. The fourth-order valence-electron chi connectivity index (χ4n) is 3.67. The summed E-state index contributed by atoms with van der Waals surface area (Å²) < 4.78 is 15.1. The lowest BCUT2D eigenvalue weighted by molar-refractivity contribution is -0.149. The molecule has 0 aliphatic carbocycles. The average molecular weight is 419 g/mol. The Kier molecular flexibility index (Phi) is 7.08. The molecule has 1 aliphatic heterocycles. The number of rotatable bonds is 7. The van der Waals surface area contributed by atoms with Gasteiger partial charge in [0, 0.05) is 24.7 Å². The van der Waals surface area contributed by atoms with Crippen LogP contribution >= 0.6 is 12.2 Å². The van der Waals surface area contributed by atoms with E-state index in [1.165, 1.54) is 0 Å². The van der Waals surface area contributed by atoms with Crippen LogP contribution in [0, 0.1) is 10.7 Å². The molecule has 0 amide bonds. The summed E-state index contributed by atoms with van der Waals surface area (Å²) in [6.45, 7) is 8.79. The molecule has 1 saturated heterocycles. The first-order valence-electron chi connectivity index (χ1n) is 10.2. The molecule has 0 spiro atoms. The summed E-state index contributed by atoms with van der Waals surface area (Å²) in [5.41, 5.74) is 1.00. The van der Waals surface area contributed by atoms with E-state index < -0.39 is 0 Å². The molecule has 1 aromatic heterocycles. The number of nitrogens with zero attached hydrogens (tertiary/aromatic N) is 4. The van der Waals surface area contributed by atoms with Gasteiger partial charge in [0.1, 0.15) is 5.75 Å². The highest BCUT2D eigenvalue weighted by molar-refractivity contribution is 7.71. The Morgan fingerprint density at radius 3 is 2.45 bits per heavy atom. The minimum atomic E-state index is -0.0744. The third kappa shape index (κ3) is 4.87. The molecular formula is C21H30N4O3S. The summed E-state index contributed by atoms with van der Waals surface area (Å²) in [5, 5.41) is 4.84. The van der Waals surface area contributed by atoms with Gasteiger partial charge in [0.2, 0.25) is 0 Å². The SMILES string of the molecule is CCOC(=O)C1CCN(Cn2nc(-c3ccc(OC)cc3)n(C(C)C)c2=S)CC1. The van der Waals surface area contributed by atoms with Crippen LogP contribution in [0.1, 0.15) is 39.7 Å². The van der Waals surface area contributed by atoms with Crippen LogP contribution in [0.5, 0.6) is 5.75 Å². The van der Waals surface area contributed by atoms with Crippen molar-refractivity contribution in [1.29, 1.82) is 0 Å². The van der Waals surface area contributed by atoms with E-state index in [1.807, 2.05) is 35.9 Å². The second-order valence-corrected chi connectivity index (χ2v) is 7.95. The van der Waals surface area contributed by atoms with E-state index >= 15 is 0 Å². The predicted octanol–water partition coefficient (Wildman–Crippen LogP) is 3.90. The molecule has 0 saturated carbocycles. The van der Waals surface area contributed by atoms with Crippen molar-refractivity contribution in [1.82, 2.24) is 19.2 Å². The molecule has 0 atom stereocenters. The van der Waals surface area contributed by atoms with E-state index in [1.54, 1.807) is 7.11 Å². The van der Waals surface area contributed by atoms with Crippen LogP contribution < -0.4 is 4.74 Å². The molecule has 2 heterocycles. The number of benzene rings is 1. The maximum Gasteiger partial charge on any atom is 0.309 e. The summed E-state index contributed by atoms with van der Waals surface area (Å²) in [5.74, 6) is 1.60. The van der Waals surface area contributed by atoms with Crippen molar-refractivity contribution in [2.45, 2.75) is 46.3 Å². The predicted molar refractivity (Wildman–Crippen MR) is 114 cm³/mol. The van der Waals surface area contributed by atoms with E-state index in [0.717, 1.165) is 43.1 Å². The minimum Gasteiger partial charge on any atom is -0.497 e. The molecule has 0 radical (unpaired) electrons. The first-order valence-corrected chi connectivity index (χ1v) is 10.6. The summed E-state index contributed by atoms with van der Waals surface area (Å²) in [6.07, 6.45) is 1.62. The Labute approximate surface area is 177 Å². The molecule has 1 fully saturated rings. The van der Waals surface area contributed by atoms with Crippen LogP contribution in [0.3, 0.4) is 0 Å². The number of hydrogen-bond acceptors (Lipinski definition) is 6. The fraction of sp³-hybridized carbons (Fsp3) is 0.571. The molecule has 0 N–H and O–H groups in total. The molecule has 8 heteroatoms. The van der Waals surface area contributed by atoms with Gasteiger partial charge in [-0.05, 0) is 70.1 Å². The quantitative estimate of drug-likeness (QED) is 0.502. The number of aromatic nitrogens is 3. The lowest BCUT2D eigenvalue weighted by Crippen LogP contribution is -2.38. The van der Waals surface area contributed by atoms with Gasteiger partial charge in [0.05, 0.1) is 26.3 Å². The molecule has 7 nitrogen and oxygen atoms in total. The smallest absolute Gasteiger partial charge is 0.309 e. The third-order valence-electron chi connectivity index (χ3n) is 5.28. The zero-order valence-corrected chi connectivity index (χ0v) is 18.4. The number of ether oxygens (including phenoxy) is 2. The molecule has 2 aromatic rings. The van der Waals surface area contributed by atoms with Gasteiger partial charge in [0.15, 0.2) is 10.6 Å². The molecule has 1 aliphatic rings. The van der Waals surface area contributed by atoms with Crippen molar-refractivity contribution in [2.75, 3.05) is 26.8 Å². The number of carbonyl (C=O) groups is 1. The maximum atomic E-state index is 12.0. The van der Waals surface area contributed by atoms with Crippen LogP contribution in [0.15, 0.2) is 24.3 Å². The van der Waals surface area contributed by atoms with Gasteiger partial charge in [-0.15, -0.1) is 0 Å². The largest absolute Gasteiger partial charge is 0.497 e. The molecule has 0 bridgehead atoms. The number of methoxy groups -OCH3 is 1. The second-order valence-electron chi connectivity index (χ2n) is 7.58. The summed E-state index contributed by atoms with van der Waals surface area (Å²) in [6, 6.07) is 8.07. The number of hydrogen-bond donors (Lipinski definition) is 0. The monoisotopic (exact) mass is 418 g/mol. The van der Waals surface area contributed by atoms with E-state index in [4.69, 9.17) is 26.8 Å². The highest BCUT2D eigenvalue weighted by Crippen LogP contribution is 2.25. The number of piperidine rings is 1. The molecular weight excluding hydrogens is 388 g/mol. The van der Waals surface area contributed by atoms with Gasteiger partial charge in [0.25, 0.3) is 0 Å². The van der Waals surface area contributed by atoms with Crippen molar-refractivity contribution in [3.63, 3.8) is 0 Å². The lowest BCUT2D eigenvalue weighted by Gasteiger charge is -2.30. The summed E-state index contributed by atoms with van der Waals surface area (Å²) in [4.78, 5) is 14.2. The van der Waals surface area contributed by atoms with Crippen molar-refractivity contribution in [2.24, 2.45) is 5.92 Å². The minimum absolute atomic E-state index is 0.00209. The molecule has 29 heavy (non-hydrogen) atoms. The lowest BCUT2D eigenvalue weighted by atomic mass is 9.97. The van der Waals surface area contributed by atoms with Crippen LogP contribution in [0.4, 0.5) is 0 Å².